The maximum absolute atomic E-state index is 12.4. The van der Waals surface area contributed by atoms with Crippen LogP contribution < -0.4 is 4.74 Å². The van der Waals surface area contributed by atoms with Crippen LogP contribution >= 0.6 is 0 Å². The van der Waals surface area contributed by atoms with Crippen molar-refractivity contribution in [3.8, 4) is 5.75 Å². The summed E-state index contributed by atoms with van der Waals surface area (Å²) in [6.45, 7) is 9.80. The largest absolute Gasteiger partial charge is 0.460 e. The standard InChI is InChI=1S/C31H41F2NO3/c1-7-11-23(19-29(35)37-31(4,5)6)12-9-8-10-13-26-20-28(22(2)3)25(21-34-26)18-24-14-16-27(17-15-24)36-30(32)33/h10,12-18,20,22,30H,7-9,11,19,21H2,1-6H3/b13-10+,23-12+,25-18?. The molecule has 1 aromatic carbocycles. The fourth-order valence-corrected chi connectivity index (χ4v) is 4.01. The molecule has 0 atom stereocenters. The third-order valence-electron chi connectivity index (χ3n) is 5.59. The lowest BCUT2D eigenvalue weighted by Crippen LogP contribution is -2.24. The number of aliphatic imine (C=N–C) groups is 1. The van der Waals surface area contributed by atoms with Gasteiger partial charge in [0.05, 0.1) is 18.7 Å². The summed E-state index contributed by atoms with van der Waals surface area (Å²) < 4.78 is 34.7. The number of esters is 1. The van der Waals surface area contributed by atoms with Crippen molar-refractivity contribution in [1.29, 1.82) is 0 Å². The van der Waals surface area contributed by atoms with Crippen molar-refractivity contribution in [1.82, 2.24) is 0 Å². The summed E-state index contributed by atoms with van der Waals surface area (Å²) in [5.74, 6) is 0.290. The van der Waals surface area contributed by atoms with Gasteiger partial charge < -0.3 is 9.47 Å². The fraction of sp³-hybridized carbons (Fsp3) is 0.484. The molecule has 0 N–H and O–H groups in total. The van der Waals surface area contributed by atoms with Crippen molar-refractivity contribution in [2.75, 3.05) is 6.54 Å². The third kappa shape index (κ3) is 11.7. The summed E-state index contributed by atoms with van der Waals surface area (Å²) in [5.41, 5.74) is 4.84. The highest BCUT2D eigenvalue weighted by atomic mass is 19.3. The number of halogens is 2. The van der Waals surface area contributed by atoms with Crippen molar-refractivity contribution < 1.29 is 23.0 Å². The van der Waals surface area contributed by atoms with E-state index in [1.165, 1.54) is 5.57 Å². The van der Waals surface area contributed by atoms with E-state index in [0.29, 0.717) is 18.9 Å². The first-order chi connectivity index (χ1) is 17.5. The van der Waals surface area contributed by atoms with Gasteiger partial charge >= 0.3 is 12.6 Å². The highest BCUT2D eigenvalue weighted by Gasteiger charge is 2.17. The van der Waals surface area contributed by atoms with Crippen LogP contribution in [0.3, 0.4) is 0 Å². The summed E-state index contributed by atoms with van der Waals surface area (Å²) in [5, 5.41) is 0. The van der Waals surface area contributed by atoms with E-state index < -0.39 is 12.2 Å². The smallest absolute Gasteiger partial charge is 0.387 e. The molecule has 0 aromatic heterocycles. The van der Waals surface area contributed by atoms with Gasteiger partial charge in [0.25, 0.3) is 0 Å². The van der Waals surface area contributed by atoms with Gasteiger partial charge in [-0.1, -0.05) is 57.0 Å². The number of nitrogens with zero attached hydrogens (tertiary/aromatic N) is 1. The Hall–Kier alpha value is -3.02. The number of unbranched alkanes of at least 4 members (excludes halogenated alkanes) is 1. The van der Waals surface area contributed by atoms with E-state index in [2.05, 4.69) is 49.8 Å². The van der Waals surface area contributed by atoms with Crippen LogP contribution in [0, 0.1) is 5.92 Å². The molecule has 37 heavy (non-hydrogen) atoms. The highest BCUT2D eigenvalue weighted by molar-refractivity contribution is 6.06. The molecule has 1 aromatic rings. The van der Waals surface area contributed by atoms with E-state index in [1.807, 2.05) is 26.8 Å². The predicted molar refractivity (Wildman–Crippen MR) is 148 cm³/mol. The van der Waals surface area contributed by atoms with Gasteiger partial charge in [-0.2, -0.15) is 8.78 Å². The summed E-state index contributed by atoms with van der Waals surface area (Å²) in [6, 6.07) is 6.63. The molecule has 4 nitrogen and oxygen atoms in total. The van der Waals surface area contributed by atoms with E-state index >= 15 is 0 Å². The van der Waals surface area contributed by atoms with Crippen molar-refractivity contribution in [2.24, 2.45) is 10.9 Å². The lowest BCUT2D eigenvalue weighted by Gasteiger charge is -2.20. The van der Waals surface area contributed by atoms with E-state index in [4.69, 9.17) is 9.73 Å². The molecular weight excluding hydrogens is 472 g/mol. The number of alkyl halides is 2. The molecule has 0 spiro atoms. The van der Waals surface area contributed by atoms with Gasteiger partial charge in [0, 0.05) is 0 Å². The summed E-state index contributed by atoms with van der Waals surface area (Å²) >= 11 is 0. The Bertz CT molecular complexity index is 1040. The fourth-order valence-electron chi connectivity index (χ4n) is 4.01. The van der Waals surface area contributed by atoms with Crippen molar-refractivity contribution >= 4 is 17.8 Å². The third-order valence-corrected chi connectivity index (χ3v) is 5.59. The van der Waals surface area contributed by atoms with Crippen LogP contribution in [0.1, 0.15) is 79.2 Å². The first-order valence-corrected chi connectivity index (χ1v) is 13.0. The molecule has 1 aliphatic rings. The number of dihydropyridines is 1. The summed E-state index contributed by atoms with van der Waals surface area (Å²) in [6.07, 6.45) is 14.5. The van der Waals surface area contributed by atoms with E-state index in [-0.39, 0.29) is 11.7 Å². The number of hydrogen-bond donors (Lipinski definition) is 0. The van der Waals surface area contributed by atoms with Crippen molar-refractivity contribution in [3.05, 3.63) is 70.9 Å². The molecule has 202 valence electrons. The number of hydrogen-bond acceptors (Lipinski definition) is 4. The van der Waals surface area contributed by atoms with Crippen molar-refractivity contribution in [3.63, 3.8) is 0 Å². The Morgan fingerprint density at radius 1 is 1.14 bits per heavy atom. The lowest BCUT2D eigenvalue weighted by atomic mass is 9.90. The molecule has 0 radical (unpaired) electrons. The second-order valence-corrected chi connectivity index (χ2v) is 10.5. The maximum atomic E-state index is 12.4. The normalized spacial score (nSPS) is 15.9. The molecule has 0 saturated carbocycles. The molecule has 0 saturated heterocycles. The monoisotopic (exact) mass is 513 g/mol. The number of benzene rings is 1. The van der Waals surface area contributed by atoms with E-state index in [1.54, 1.807) is 24.3 Å². The maximum Gasteiger partial charge on any atom is 0.387 e. The molecule has 1 aliphatic heterocycles. The van der Waals surface area contributed by atoms with Gasteiger partial charge in [-0.25, -0.2) is 0 Å². The van der Waals surface area contributed by atoms with E-state index in [9.17, 15) is 13.6 Å². The van der Waals surface area contributed by atoms with Gasteiger partial charge in [-0.05, 0) is 93.0 Å². The lowest BCUT2D eigenvalue weighted by molar-refractivity contribution is -0.153. The van der Waals surface area contributed by atoms with Crippen LogP contribution in [-0.2, 0) is 9.53 Å². The zero-order chi connectivity index (χ0) is 27.4. The first kappa shape index (κ1) is 30.2. The van der Waals surface area contributed by atoms with E-state index in [0.717, 1.165) is 48.1 Å². The van der Waals surface area contributed by atoms with Crippen LogP contribution in [-0.4, -0.2) is 30.4 Å². The number of carbonyl (C=O) groups excluding carboxylic acids is 1. The average Bonchev–Trinajstić information content (AvgIpc) is 2.79. The molecule has 2 rings (SSSR count). The Labute approximate surface area is 220 Å². The van der Waals surface area contributed by atoms with Crippen LogP contribution in [0.2, 0.25) is 0 Å². The molecule has 0 unspecified atom stereocenters. The number of rotatable bonds is 12. The topological polar surface area (TPSA) is 47.9 Å². The SMILES string of the molecule is CCC/C(=C\CC/C=C/C1=NCC(=Cc2ccc(OC(F)F)cc2)C(C(C)C)=C1)CC(=O)OC(C)(C)C. The summed E-state index contributed by atoms with van der Waals surface area (Å²) in [4.78, 5) is 16.9. The van der Waals surface area contributed by atoms with Crippen molar-refractivity contribution in [2.45, 2.75) is 85.9 Å². The number of allylic oxidation sites excluding steroid dienone is 4. The molecule has 0 fully saturated rings. The minimum Gasteiger partial charge on any atom is -0.460 e. The first-order valence-electron chi connectivity index (χ1n) is 13.0. The zero-order valence-electron chi connectivity index (χ0n) is 23.0. The summed E-state index contributed by atoms with van der Waals surface area (Å²) in [7, 11) is 0. The van der Waals surface area contributed by atoms with Crippen LogP contribution in [0.4, 0.5) is 8.78 Å². The van der Waals surface area contributed by atoms with Crippen LogP contribution in [0.15, 0.2) is 70.3 Å². The Balaban J connectivity index is 1.99. The van der Waals surface area contributed by atoms with Gasteiger partial charge in [0.15, 0.2) is 0 Å². The zero-order valence-corrected chi connectivity index (χ0v) is 23.0. The second-order valence-electron chi connectivity index (χ2n) is 10.5. The average molecular weight is 514 g/mol. The highest BCUT2D eigenvalue weighted by Crippen LogP contribution is 2.27. The molecular formula is C31H41F2NO3. The van der Waals surface area contributed by atoms with Crippen LogP contribution in [0.25, 0.3) is 6.08 Å². The van der Waals surface area contributed by atoms with Gasteiger partial charge in [0.1, 0.15) is 11.4 Å². The Kier molecular flexibility index (Phi) is 12.0. The Morgan fingerprint density at radius 3 is 2.43 bits per heavy atom. The quantitative estimate of drug-likeness (QED) is 0.160. The van der Waals surface area contributed by atoms with Gasteiger partial charge in [0.2, 0.25) is 0 Å². The molecule has 6 heteroatoms. The molecule has 0 bridgehead atoms. The minimum absolute atomic E-state index is 0.146. The number of carbonyl (C=O) groups is 1. The van der Waals surface area contributed by atoms with Gasteiger partial charge in [-0.15, -0.1) is 0 Å². The molecule has 1 heterocycles. The Morgan fingerprint density at radius 2 is 1.84 bits per heavy atom. The number of ether oxygens (including phenoxy) is 2. The second kappa shape index (κ2) is 14.7. The molecule has 0 aliphatic carbocycles. The minimum atomic E-state index is -2.83. The molecule has 0 amide bonds. The van der Waals surface area contributed by atoms with Crippen LogP contribution in [0.5, 0.6) is 5.75 Å². The predicted octanol–water partition coefficient (Wildman–Crippen LogP) is 8.50. The van der Waals surface area contributed by atoms with Gasteiger partial charge in [-0.3, -0.25) is 9.79 Å².